The van der Waals surface area contributed by atoms with Gasteiger partial charge in [0.2, 0.25) is 0 Å². The van der Waals surface area contributed by atoms with E-state index < -0.39 is 0 Å². The summed E-state index contributed by atoms with van der Waals surface area (Å²) in [5, 5.41) is 0. The predicted molar refractivity (Wildman–Crippen MR) is 46.4 cm³/mol. The van der Waals surface area contributed by atoms with Gasteiger partial charge in [0.25, 0.3) is 0 Å². The Morgan fingerprint density at radius 3 is 2.27 bits per heavy atom. The molecule has 0 saturated heterocycles. The van der Waals surface area contributed by atoms with Gasteiger partial charge in [-0.25, -0.2) is 0 Å². The van der Waals surface area contributed by atoms with E-state index in [4.69, 9.17) is 0 Å². The van der Waals surface area contributed by atoms with Crippen molar-refractivity contribution in [1.29, 1.82) is 0 Å². The van der Waals surface area contributed by atoms with Crippen molar-refractivity contribution in [3.05, 3.63) is 12.2 Å². The van der Waals surface area contributed by atoms with Gasteiger partial charge in [-0.3, -0.25) is 4.79 Å². The van der Waals surface area contributed by atoms with Crippen LogP contribution in [0, 0.1) is 5.41 Å². The smallest absolute Gasteiger partial charge is 0.135 e. The third-order valence-electron chi connectivity index (χ3n) is 2.91. The van der Waals surface area contributed by atoms with Gasteiger partial charge in [-0.05, 0) is 32.6 Å². The molecule has 0 aromatic carbocycles. The van der Waals surface area contributed by atoms with Crippen LogP contribution < -0.4 is 0 Å². The summed E-state index contributed by atoms with van der Waals surface area (Å²) in [7, 11) is 0. The number of hydrogen-bond acceptors (Lipinski definition) is 1. The molecule has 1 nitrogen and oxygen atoms in total. The molecule has 0 bridgehead atoms. The molecule has 0 radical (unpaired) electrons. The van der Waals surface area contributed by atoms with Crippen molar-refractivity contribution < 1.29 is 4.79 Å². The molecule has 0 atom stereocenters. The van der Waals surface area contributed by atoms with Crippen molar-refractivity contribution >= 4 is 5.78 Å². The Labute approximate surface area is 68.5 Å². The van der Waals surface area contributed by atoms with Gasteiger partial charge >= 0.3 is 0 Å². The summed E-state index contributed by atoms with van der Waals surface area (Å²) in [6.07, 6.45) is 4.08. The summed E-state index contributed by atoms with van der Waals surface area (Å²) in [6.45, 7) is 7.70. The molecule has 1 saturated carbocycles. The second-order valence-electron chi connectivity index (χ2n) is 3.87. The number of hydrogen-bond donors (Lipinski definition) is 0. The molecule has 0 aromatic heterocycles. The van der Waals surface area contributed by atoms with Crippen LogP contribution in [0.4, 0.5) is 0 Å². The molecule has 0 aromatic rings. The molecule has 1 fully saturated rings. The van der Waals surface area contributed by atoms with E-state index in [0.29, 0.717) is 5.78 Å². The van der Waals surface area contributed by atoms with Crippen molar-refractivity contribution in [2.24, 2.45) is 5.41 Å². The molecule has 0 amide bonds. The molecular weight excluding hydrogens is 136 g/mol. The highest BCUT2D eigenvalue weighted by Gasteiger charge is 2.32. The summed E-state index contributed by atoms with van der Waals surface area (Å²) < 4.78 is 0. The zero-order chi connectivity index (χ0) is 8.48. The monoisotopic (exact) mass is 152 g/mol. The second-order valence-corrected chi connectivity index (χ2v) is 3.87. The molecule has 0 N–H and O–H groups in total. The van der Waals surface area contributed by atoms with Crippen LogP contribution >= 0.6 is 0 Å². The lowest BCUT2D eigenvalue weighted by Crippen LogP contribution is -2.28. The number of carbonyl (C=O) groups excluding carboxylic acids is 1. The maximum atomic E-state index is 11.2. The number of allylic oxidation sites excluding steroid dienone is 1. The molecule has 0 aliphatic heterocycles. The van der Waals surface area contributed by atoms with Crippen LogP contribution in [0.5, 0.6) is 0 Å². The van der Waals surface area contributed by atoms with Crippen LogP contribution in [0.25, 0.3) is 0 Å². The van der Waals surface area contributed by atoms with Gasteiger partial charge in [-0.1, -0.05) is 19.1 Å². The highest BCUT2D eigenvalue weighted by Crippen LogP contribution is 2.38. The average Bonchev–Trinajstić information content (AvgIpc) is 1.95. The fraction of sp³-hybridized carbons (Fsp3) is 0.700. The Kier molecular flexibility index (Phi) is 2.17. The lowest BCUT2D eigenvalue weighted by atomic mass is 9.72. The minimum Gasteiger partial charge on any atom is -0.299 e. The SMILES string of the molecule is C=C1CCC(C)(C(C)=O)CC1. The fourth-order valence-electron chi connectivity index (χ4n) is 1.51. The number of rotatable bonds is 1. The quantitative estimate of drug-likeness (QED) is 0.528. The van der Waals surface area contributed by atoms with E-state index in [9.17, 15) is 4.79 Å². The molecule has 1 aliphatic carbocycles. The molecule has 1 aliphatic rings. The van der Waals surface area contributed by atoms with Crippen LogP contribution in [-0.4, -0.2) is 5.78 Å². The average molecular weight is 152 g/mol. The minimum atomic E-state index is -0.0405. The van der Waals surface area contributed by atoms with E-state index in [-0.39, 0.29) is 5.41 Å². The summed E-state index contributed by atoms with van der Waals surface area (Å²) >= 11 is 0. The van der Waals surface area contributed by atoms with E-state index in [1.165, 1.54) is 5.57 Å². The molecule has 11 heavy (non-hydrogen) atoms. The first-order valence-electron chi connectivity index (χ1n) is 4.22. The van der Waals surface area contributed by atoms with Crippen LogP contribution in [0.3, 0.4) is 0 Å². The zero-order valence-corrected chi connectivity index (χ0v) is 7.44. The highest BCUT2D eigenvalue weighted by atomic mass is 16.1. The molecule has 0 unspecified atom stereocenters. The summed E-state index contributed by atoms with van der Waals surface area (Å²) in [6, 6.07) is 0. The first-order chi connectivity index (χ1) is 5.04. The van der Waals surface area contributed by atoms with E-state index in [1.54, 1.807) is 6.92 Å². The lowest BCUT2D eigenvalue weighted by Gasteiger charge is -2.31. The zero-order valence-electron chi connectivity index (χ0n) is 7.44. The Morgan fingerprint density at radius 2 is 1.91 bits per heavy atom. The number of ketones is 1. The first-order valence-corrected chi connectivity index (χ1v) is 4.22. The number of Topliss-reactive ketones (excluding diaryl/α,β-unsaturated/α-hetero) is 1. The molecule has 0 heterocycles. The first kappa shape index (κ1) is 8.51. The summed E-state index contributed by atoms with van der Waals surface area (Å²) in [5.74, 6) is 0.338. The van der Waals surface area contributed by atoms with Crippen molar-refractivity contribution in [3.8, 4) is 0 Å². The molecular formula is C10H16O. The van der Waals surface area contributed by atoms with Gasteiger partial charge in [0.15, 0.2) is 0 Å². The van der Waals surface area contributed by atoms with E-state index >= 15 is 0 Å². The summed E-state index contributed by atoms with van der Waals surface area (Å²) in [4.78, 5) is 11.2. The minimum absolute atomic E-state index is 0.0405. The number of carbonyl (C=O) groups is 1. The van der Waals surface area contributed by atoms with Crippen LogP contribution in [0.15, 0.2) is 12.2 Å². The maximum absolute atomic E-state index is 11.2. The van der Waals surface area contributed by atoms with Gasteiger partial charge in [-0.2, -0.15) is 0 Å². The molecule has 1 rings (SSSR count). The fourth-order valence-corrected chi connectivity index (χ4v) is 1.51. The molecule has 0 spiro atoms. The van der Waals surface area contributed by atoms with Crippen molar-refractivity contribution in [2.75, 3.05) is 0 Å². The van der Waals surface area contributed by atoms with Gasteiger partial charge in [0.1, 0.15) is 5.78 Å². The lowest BCUT2D eigenvalue weighted by molar-refractivity contribution is -0.126. The van der Waals surface area contributed by atoms with Crippen LogP contribution in [0.2, 0.25) is 0 Å². The standard InChI is InChI=1S/C10H16O/c1-8-4-6-10(3,7-5-8)9(2)11/h1,4-7H2,2-3H3. The van der Waals surface area contributed by atoms with E-state index in [2.05, 4.69) is 13.5 Å². The van der Waals surface area contributed by atoms with Gasteiger partial charge < -0.3 is 0 Å². The Hall–Kier alpha value is -0.590. The Balaban J connectivity index is 2.62. The molecule has 62 valence electrons. The topological polar surface area (TPSA) is 17.1 Å². The van der Waals surface area contributed by atoms with Crippen molar-refractivity contribution in [1.82, 2.24) is 0 Å². The van der Waals surface area contributed by atoms with Crippen LogP contribution in [-0.2, 0) is 4.79 Å². The Morgan fingerprint density at radius 1 is 1.45 bits per heavy atom. The second kappa shape index (κ2) is 2.80. The van der Waals surface area contributed by atoms with Crippen molar-refractivity contribution in [2.45, 2.75) is 39.5 Å². The third-order valence-corrected chi connectivity index (χ3v) is 2.91. The van der Waals surface area contributed by atoms with E-state index in [1.807, 2.05) is 0 Å². The Bertz CT molecular complexity index is 181. The normalized spacial score (nSPS) is 23.3. The van der Waals surface area contributed by atoms with Gasteiger partial charge in [0, 0.05) is 5.41 Å². The third kappa shape index (κ3) is 1.70. The maximum Gasteiger partial charge on any atom is 0.135 e. The largest absolute Gasteiger partial charge is 0.299 e. The van der Waals surface area contributed by atoms with Crippen molar-refractivity contribution in [3.63, 3.8) is 0 Å². The molecule has 1 heteroatoms. The summed E-state index contributed by atoms with van der Waals surface area (Å²) in [5.41, 5.74) is 1.27. The van der Waals surface area contributed by atoms with E-state index in [0.717, 1.165) is 25.7 Å². The van der Waals surface area contributed by atoms with Gasteiger partial charge in [0.05, 0.1) is 0 Å². The van der Waals surface area contributed by atoms with Gasteiger partial charge in [-0.15, -0.1) is 0 Å². The highest BCUT2D eigenvalue weighted by molar-refractivity contribution is 5.82. The predicted octanol–water partition coefficient (Wildman–Crippen LogP) is 2.71. The van der Waals surface area contributed by atoms with Crippen LogP contribution in [0.1, 0.15) is 39.5 Å².